The van der Waals surface area contributed by atoms with E-state index in [1.54, 1.807) is 16.4 Å². The lowest BCUT2D eigenvalue weighted by Gasteiger charge is -2.28. The Hall–Kier alpha value is -2.38. The zero-order valence-corrected chi connectivity index (χ0v) is 20.2. The van der Waals surface area contributed by atoms with Crippen molar-refractivity contribution in [1.82, 2.24) is 9.78 Å². The van der Waals surface area contributed by atoms with Gasteiger partial charge in [-0.3, -0.25) is 8.99 Å². The van der Waals surface area contributed by atoms with Gasteiger partial charge in [0.05, 0.1) is 16.1 Å². The maximum absolute atomic E-state index is 13.8. The fourth-order valence-corrected chi connectivity index (χ4v) is 6.10. The van der Waals surface area contributed by atoms with Crippen LogP contribution in [0, 0.1) is 25.7 Å². The van der Waals surface area contributed by atoms with Gasteiger partial charge in [-0.2, -0.15) is 5.10 Å². The molecule has 2 aromatic carbocycles. The molecule has 0 bridgehead atoms. The molecule has 0 spiro atoms. The van der Waals surface area contributed by atoms with Crippen LogP contribution in [0.15, 0.2) is 47.5 Å². The summed E-state index contributed by atoms with van der Waals surface area (Å²) in [4.78, 5) is 0.302. The number of anilines is 1. The normalized spacial score (nSPS) is 15.5. The van der Waals surface area contributed by atoms with E-state index in [1.165, 1.54) is 0 Å². The van der Waals surface area contributed by atoms with Crippen LogP contribution >= 0.6 is 0 Å². The van der Waals surface area contributed by atoms with Crippen LogP contribution in [0.1, 0.15) is 37.8 Å². The van der Waals surface area contributed by atoms with Crippen molar-refractivity contribution in [3.05, 3.63) is 53.7 Å². The van der Waals surface area contributed by atoms with Crippen molar-refractivity contribution in [2.24, 2.45) is 11.8 Å². The molecule has 0 atom stereocenters. The number of hydrogen-bond acceptors (Lipinski definition) is 4. The molecule has 6 nitrogen and oxygen atoms in total. The lowest BCUT2D eigenvalue weighted by atomic mass is 10.0. The highest BCUT2D eigenvalue weighted by Gasteiger charge is 2.27. The van der Waals surface area contributed by atoms with Crippen molar-refractivity contribution in [3.63, 3.8) is 0 Å². The number of aryl methyl sites for hydroxylation is 2. The van der Waals surface area contributed by atoms with Crippen LogP contribution < -0.4 is 4.31 Å². The topological polar surface area (TPSA) is 64.4 Å². The van der Waals surface area contributed by atoms with Gasteiger partial charge in [-0.25, -0.2) is 8.42 Å². The molecule has 7 heteroatoms. The number of aromatic nitrogens is 2. The number of ether oxygens (including phenoxy) is 1. The minimum atomic E-state index is -3.71. The summed E-state index contributed by atoms with van der Waals surface area (Å²) < 4.78 is 36.5. The van der Waals surface area contributed by atoms with E-state index in [0.29, 0.717) is 17.4 Å². The molecule has 2 heterocycles. The Bertz CT molecular complexity index is 1190. The van der Waals surface area contributed by atoms with Crippen LogP contribution in [0.2, 0.25) is 0 Å². The zero-order valence-electron chi connectivity index (χ0n) is 19.4. The Balaban J connectivity index is 1.67. The van der Waals surface area contributed by atoms with Crippen LogP contribution in [-0.4, -0.2) is 38.0 Å². The minimum absolute atomic E-state index is 0.191. The molecule has 32 heavy (non-hydrogen) atoms. The third-order valence-electron chi connectivity index (χ3n) is 6.05. The molecule has 0 radical (unpaired) electrons. The number of sulfonamides is 1. The summed E-state index contributed by atoms with van der Waals surface area (Å²) in [6.45, 7) is 10.9. The summed E-state index contributed by atoms with van der Waals surface area (Å²) in [5.41, 5.74) is 3.63. The highest BCUT2D eigenvalue weighted by Crippen LogP contribution is 2.30. The molecule has 1 saturated heterocycles. The average Bonchev–Trinajstić information content (AvgIpc) is 3.14. The summed E-state index contributed by atoms with van der Waals surface area (Å²) in [6.07, 6.45) is 4.04. The van der Waals surface area contributed by atoms with Gasteiger partial charge < -0.3 is 4.74 Å². The average molecular weight is 456 g/mol. The maximum Gasteiger partial charge on any atom is 0.264 e. The van der Waals surface area contributed by atoms with E-state index in [2.05, 4.69) is 5.10 Å². The fourth-order valence-electron chi connectivity index (χ4n) is 4.37. The fraction of sp³-hybridized carbons (Fsp3) is 0.480. The van der Waals surface area contributed by atoms with E-state index in [0.717, 1.165) is 60.3 Å². The molecule has 3 aromatic rings. The molecule has 1 aliphatic rings. The molecular formula is C25H33N3O3S. The van der Waals surface area contributed by atoms with Crippen molar-refractivity contribution in [3.8, 4) is 0 Å². The summed E-state index contributed by atoms with van der Waals surface area (Å²) in [7, 11) is -3.71. The SMILES string of the molecule is Cc1ccc(N(CC(C)C)S(=O)(=O)c2ccc3nn(CC4CCOCC4)cc3c2)c(C)c1. The van der Waals surface area contributed by atoms with Crippen LogP contribution in [0.5, 0.6) is 0 Å². The second-order valence-electron chi connectivity index (χ2n) is 9.35. The molecule has 0 saturated carbocycles. The van der Waals surface area contributed by atoms with Crippen molar-refractivity contribution in [2.75, 3.05) is 24.1 Å². The van der Waals surface area contributed by atoms with Crippen LogP contribution in [0.25, 0.3) is 10.9 Å². The molecule has 4 rings (SSSR count). The van der Waals surface area contributed by atoms with Crippen LogP contribution in [0.3, 0.4) is 0 Å². The first-order valence-electron chi connectivity index (χ1n) is 11.4. The third kappa shape index (κ3) is 4.84. The highest BCUT2D eigenvalue weighted by atomic mass is 32.2. The number of rotatable bonds is 7. The van der Waals surface area contributed by atoms with E-state index in [1.807, 2.05) is 62.8 Å². The summed E-state index contributed by atoms with van der Waals surface area (Å²) in [5, 5.41) is 5.52. The first-order valence-corrected chi connectivity index (χ1v) is 12.8. The molecule has 1 aromatic heterocycles. The summed E-state index contributed by atoms with van der Waals surface area (Å²) in [5.74, 6) is 0.740. The largest absolute Gasteiger partial charge is 0.381 e. The van der Waals surface area contributed by atoms with Gasteiger partial charge >= 0.3 is 0 Å². The van der Waals surface area contributed by atoms with Gasteiger partial charge in [0.25, 0.3) is 10.0 Å². The van der Waals surface area contributed by atoms with E-state index in [9.17, 15) is 8.42 Å². The Morgan fingerprint density at radius 1 is 1.12 bits per heavy atom. The van der Waals surface area contributed by atoms with Gasteiger partial charge in [0.2, 0.25) is 0 Å². The van der Waals surface area contributed by atoms with Gasteiger partial charge in [-0.1, -0.05) is 31.5 Å². The van der Waals surface area contributed by atoms with Crippen LogP contribution in [0.4, 0.5) is 5.69 Å². The summed E-state index contributed by atoms with van der Waals surface area (Å²) in [6, 6.07) is 11.2. The smallest absolute Gasteiger partial charge is 0.264 e. The predicted octanol–water partition coefficient (Wildman–Crippen LogP) is 4.93. The first kappa shape index (κ1) is 22.8. The van der Waals surface area contributed by atoms with Gasteiger partial charge in [0.1, 0.15) is 0 Å². The van der Waals surface area contributed by atoms with E-state index >= 15 is 0 Å². The first-order chi connectivity index (χ1) is 15.2. The second-order valence-corrected chi connectivity index (χ2v) is 11.2. The Morgan fingerprint density at radius 3 is 2.56 bits per heavy atom. The Labute approximate surface area is 191 Å². The zero-order chi connectivity index (χ0) is 22.9. The number of nitrogens with zero attached hydrogens (tertiary/aromatic N) is 3. The lowest BCUT2D eigenvalue weighted by Crippen LogP contribution is -2.34. The van der Waals surface area contributed by atoms with Gasteiger partial charge in [0, 0.05) is 37.9 Å². The van der Waals surface area contributed by atoms with Crippen LogP contribution in [-0.2, 0) is 21.3 Å². The quantitative estimate of drug-likeness (QED) is 0.507. The maximum atomic E-state index is 13.8. The van der Waals surface area contributed by atoms with Crippen molar-refractivity contribution >= 4 is 26.6 Å². The monoisotopic (exact) mass is 455 g/mol. The molecule has 172 valence electrons. The lowest BCUT2D eigenvalue weighted by molar-refractivity contribution is 0.0602. The van der Waals surface area contributed by atoms with E-state index in [4.69, 9.17) is 4.74 Å². The Kier molecular flexibility index (Phi) is 6.58. The number of hydrogen-bond donors (Lipinski definition) is 0. The molecule has 1 fully saturated rings. The Morgan fingerprint density at radius 2 is 1.88 bits per heavy atom. The minimum Gasteiger partial charge on any atom is -0.381 e. The van der Waals surface area contributed by atoms with Crippen molar-refractivity contribution < 1.29 is 13.2 Å². The van der Waals surface area contributed by atoms with Gasteiger partial charge in [0.15, 0.2) is 0 Å². The third-order valence-corrected chi connectivity index (χ3v) is 7.83. The highest BCUT2D eigenvalue weighted by molar-refractivity contribution is 7.92. The van der Waals surface area contributed by atoms with Gasteiger partial charge in [-0.15, -0.1) is 0 Å². The van der Waals surface area contributed by atoms with E-state index in [-0.39, 0.29) is 5.92 Å². The van der Waals surface area contributed by atoms with Crippen molar-refractivity contribution in [2.45, 2.75) is 52.0 Å². The number of fused-ring (bicyclic) bond motifs is 1. The van der Waals surface area contributed by atoms with E-state index < -0.39 is 10.0 Å². The van der Waals surface area contributed by atoms with Crippen molar-refractivity contribution in [1.29, 1.82) is 0 Å². The summed E-state index contributed by atoms with van der Waals surface area (Å²) >= 11 is 0. The second kappa shape index (κ2) is 9.24. The molecule has 0 amide bonds. The molecule has 0 aliphatic carbocycles. The molecule has 0 unspecified atom stereocenters. The predicted molar refractivity (Wildman–Crippen MR) is 129 cm³/mol. The van der Waals surface area contributed by atoms with Gasteiger partial charge in [-0.05, 0) is 68.4 Å². The molecule has 1 aliphatic heterocycles. The standard InChI is InChI=1S/C25H33N3O3S/c1-18(2)15-28(25-8-5-19(3)13-20(25)4)32(29,30)23-6-7-24-22(14-23)17-27(26-24)16-21-9-11-31-12-10-21/h5-8,13-14,17-18,21H,9-12,15-16H2,1-4H3. The molecular weight excluding hydrogens is 422 g/mol. The number of benzene rings is 2. The molecule has 0 N–H and O–H groups in total.